The second kappa shape index (κ2) is 8.77. The zero-order valence-corrected chi connectivity index (χ0v) is 13.6. The maximum absolute atomic E-state index is 12.3. The number of hydrogen-bond acceptors (Lipinski definition) is 3. The molecule has 1 aliphatic rings. The van der Waals surface area contributed by atoms with E-state index in [1.807, 2.05) is 35.2 Å². The Labute approximate surface area is 139 Å². The number of methoxy groups -OCH3 is 1. The molecule has 1 aromatic carbocycles. The molecule has 1 aliphatic heterocycles. The van der Waals surface area contributed by atoms with Crippen LogP contribution in [0.5, 0.6) is 5.75 Å². The Morgan fingerprint density at radius 2 is 2.35 bits per heavy atom. The van der Waals surface area contributed by atoms with Crippen LogP contribution in [-0.4, -0.2) is 43.0 Å². The van der Waals surface area contributed by atoms with Crippen LogP contribution in [0.4, 0.5) is 0 Å². The van der Waals surface area contributed by atoms with Crippen LogP contribution in [0.2, 0.25) is 6.32 Å². The van der Waals surface area contributed by atoms with Crippen molar-refractivity contribution >= 4 is 13.8 Å². The molecule has 1 aromatic rings. The van der Waals surface area contributed by atoms with Gasteiger partial charge in [-0.15, -0.1) is 0 Å². The molecule has 2 unspecified atom stereocenters. The molecule has 2 radical (unpaired) electrons. The number of likely N-dealkylation sites (tertiary alicyclic amines) is 1. The van der Waals surface area contributed by atoms with Gasteiger partial charge in [0.15, 0.2) is 0 Å². The van der Waals surface area contributed by atoms with Crippen LogP contribution in [0.3, 0.4) is 0 Å². The van der Waals surface area contributed by atoms with Gasteiger partial charge >= 0.3 is 0 Å². The first kappa shape index (κ1) is 17.6. The van der Waals surface area contributed by atoms with Crippen molar-refractivity contribution < 1.29 is 14.6 Å². The summed E-state index contributed by atoms with van der Waals surface area (Å²) in [5.41, 5.74) is 1.04. The second-order valence-electron chi connectivity index (χ2n) is 5.86. The van der Waals surface area contributed by atoms with Gasteiger partial charge in [0.1, 0.15) is 5.75 Å². The summed E-state index contributed by atoms with van der Waals surface area (Å²) in [7, 11) is 7.08. The topological polar surface area (TPSA) is 49.8 Å². The predicted octanol–water partition coefficient (Wildman–Crippen LogP) is 2.47. The number of carbonyl (C=O) groups excluding carboxylic acids is 1. The highest BCUT2D eigenvalue weighted by atomic mass is 16.5. The number of amides is 1. The largest absolute Gasteiger partial charge is 0.497 e. The Morgan fingerprint density at radius 3 is 3.09 bits per heavy atom. The number of rotatable bonds is 7. The van der Waals surface area contributed by atoms with E-state index in [1.54, 1.807) is 13.2 Å². The molecule has 2 rings (SSSR count). The van der Waals surface area contributed by atoms with Crippen LogP contribution in [0.1, 0.15) is 31.2 Å². The first-order valence-corrected chi connectivity index (χ1v) is 8.13. The molecule has 1 amide bonds. The fraction of sp³-hybridized carbons (Fsp3) is 0.500. The summed E-state index contributed by atoms with van der Waals surface area (Å²) in [6.07, 6.45) is 6.52. The molecule has 122 valence electrons. The molecule has 5 heteroatoms. The maximum Gasteiger partial charge on any atom is 0.223 e. The van der Waals surface area contributed by atoms with Gasteiger partial charge in [-0.05, 0) is 37.0 Å². The molecule has 23 heavy (non-hydrogen) atoms. The smallest absolute Gasteiger partial charge is 0.223 e. The third kappa shape index (κ3) is 5.14. The van der Waals surface area contributed by atoms with E-state index >= 15 is 0 Å². The Hall–Kier alpha value is -1.75. The Balaban J connectivity index is 2.09. The first-order valence-electron chi connectivity index (χ1n) is 8.13. The quantitative estimate of drug-likeness (QED) is 0.621. The van der Waals surface area contributed by atoms with E-state index < -0.39 is 6.10 Å². The van der Waals surface area contributed by atoms with Crippen molar-refractivity contribution in [2.75, 3.05) is 7.11 Å². The number of piperidine rings is 1. The number of aliphatic hydroxyl groups is 1. The maximum atomic E-state index is 12.3. The number of hydrogen-bond donors (Lipinski definition) is 1. The summed E-state index contributed by atoms with van der Waals surface area (Å²) in [6.45, 7) is 0.554. The minimum atomic E-state index is -0.546. The monoisotopic (exact) mass is 313 g/mol. The number of carbonyl (C=O) groups is 1. The van der Waals surface area contributed by atoms with Gasteiger partial charge in [0.2, 0.25) is 5.91 Å². The molecule has 4 nitrogen and oxygen atoms in total. The van der Waals surface area contributed by atoms with Gasteiger partial charge in [-0.25, -0.2) is 0 Å². The third-order valence-electron chi connectivity index (χ3n) is 4.12. The molecule has 2 atom stereocenters. The van der Waals surface area contributed by atoms with Crippen molar-refractivity contribution in [2.24, 2.45) is 0 Å². The van der Waals surface area contributed by atoms with Gasteiger partial charge in [0, 0.05) is 13.0 Å². The number of aliphatic hydroxyl groups excluding tert-OH is 1. The Bertz CT molecular complexity index is 547. The van der Waals surface area contributed by atoms with Crippen molar-refractivity contribution in [3.63, 3.8) is 0 Å². The van der Waals surface area contributed by atoms with Crippen molar-refractivity contribution in [3.05, 3.63) is 42.0 Å². The summed E-state index contributed by atoms with van der Waals surface area (Å²) in [5.74, 6) is 0.944. The highest BCUT2D eigenvalue weighted by Crippen LogP contribution is 2.23. The lowest BCUT2D eigenvalue weighted by Gasteiger charge is -2.34. The molecule has 0 aromatic heterocycles. The van der Waals surface area contributed by atoms with Crippen molar-refractivity contribution in [1.29, 1.82) is 0 Å². The van der Waals surface area contributed by atoms with Gasteiger partial charge in [0.05, 0.1) is 27.1 Å². The zero-order valence-electron chi connectivity index (χ0n) is 13.6. The van der Waals surface area contributed by atoms with E-state index in [-0.39, 0.29) is 11.9 Å². The van der Waals surface area contributed by atoms with Crippen LogP contribution in [0, 0.1) is 0 Å². The van der Waals surface area contributed by atoms with Gasteiger partial charge < -0.3 is 14.7 Å². The van der Waals surface area contributed by atoms with Gasteiger partial charge in [-0.3, -0.25) is 4.79 Å². The minimum Gasteiger partial charge on any atom is -0.497 e. The molecular weight excluding hydrogens is 289 g/mol. The Morgan fingerprint density at radius 1 is 1.52 bits per heavy atom. The summed E-state index contributed by atoms with van der Waals surface area (Å²) < 4.78 is 5.24. The zero-order chi connectivity index (χ0) is 16.7. The van der Waals surface area contributed by atoms with E-state index in [1.165, 1.54) is 0 Å². The van der Waals surface area contributed by atoms with E-state index in [2.05, 4.69) is 0 Å². The van der Waals surface area contributed by atoms with Crippen LogP contribution < -0.4 is 4.74 Å². The molecule has 0 bridgehead atoms. The van der Waals surface area contributed by atoms with Crippen molar-refractivity contribution in [3.8, 4) is 5.75 Å². The minimum absolute atomic E-state index is 0.0230. The predicted molar refractivity (Wildman–Crippen MR) is 91.5 cm³/mol. The molecule has 0 aliphatic carbocycles. The fourth-order valence-corrected chi connectivity index (χ4v) is 2.84. The first-order chi connectivity index (χ1) is 11.1. The van der Waals surface area contributed by atoms with Gasteiger partial charge in [0.25, 0.3) is 0 Å². The molecule has 1 N–H and O–H groups in total. The lowest BCUT2D eigenvalue weighted by Crippen LogP contribution is -2.42. The lowest BCUT2D eigenvalue weighted by molar-refractivity contribution is -0.135. The molecule has 0 spiro atoms. The van der Waals surface area contributed by atoms with E-state index in [9.17, 15) is 9.90 Å². The summed E-state index contributed by atoms with van der Waals surface area (Å²) in [6, 6.07) is 7.79. The summed E-state index contributed by atoms with van der Waals surface area (Å²) >= 11 is 0. The molecule has 1 heterocycles. The van der Waals surface area contributed by atoms with Crippen LogP contribution in [0.15, 0.2) is 36.4 Å². The second-order valence-corrected chi connectivity index (χ2v) is 5.86. The number of ether oxygens (including phenoxy) is 1. The lowest BCUT2D eigenvalue weighted by atomic mass is 9.96. The summed E-state index contributed by atoms with van der Waals surface area (Å²) in [4.78, 5) is 14.2. The molecule has 1 fully saturated rings. The number of benzene rings is 1. The standard InChI is InChI=1S/C18H24BNO3/c1-23-17-6-2-4-14(12-17)13-20-15(5-3-7-18(20)22)8-9-16(21)10-11-19/h2,4,6,8-9,12,15-16,21H,3,5,7,10-11,13H2,1H3. The van der Waals surface area contributed by atoms with Gasteiger partial charge in [-0.1, -0.05) is 30.6 Å². The molecular formula is C18H24BNO3. The normalized spacial score (nSPS) is 20.0. The van der Waals surface area contributed by atoms with Crippen LogP contribution in [0.25, 0.3) is 0 Å². The highest BCUT2D eigenvalue weighted by Gasteiger charge is 2.26. The van der Waals surface area contributed by atoms with Crippen LogP contribution in [-0.2, 0) is 11.3 Å². The SMILES string of the molecule is [B]CCC(O)C=CC1CCCC(=O)N1Cc1cccc(OC)c1. The number of nitrogens with zero attached hydrogens (tertiary/aromatic N) is 1. The fourth-order valence-electron chi connectivity index (χ4n) is 2.84. The third-order valence-corrected chi connectivity index (χ3v) is 4.12. The highest BCUT2D eigenvalue weighted by molar-refractivity contribution is 6.08. The van der Waals surface area contributed by atoms with E-state index in [0.29, 0.717) is 25.7 Å². The van der Waals surface area contributed by atoms with E-state index in [4.69, 9.17) is 12.6 Å². The van der Waals surface area contributed by atoms with E-state index in [0.717, 1.165) is 24.2 Å². The van der Waals surface area contributed by atoms with Gasteiger partial charge in [-0.2, -0.15) is 0 Å². The Kier molecular flexibility index (Phi) is 6.72. The van der Waals surface area contributed by atoms with Crippen molar-refractivity contribution in [1.82, 2.24) is 4.90 Å². The summed E-state index contributed by atoms with van der Waals surface area (Å²) in [5, 5.41) is 9.80. The molecule has 0 saturated carbocycles. The van der Waals surface area contributed by atoms with Crippen LogP contribution >= 0.6 is 0 Å². The van der Waals surface area contributed by atoms with Crippen molar-refractivity contribution in [2.45, 2.75) is 50.7 Å². The average molecular weight is 313 g/mol. The molecule has 1 saturated heterocycles. The average Bonchev–Trinajstić information content (AvgIpc) is 2.56.